The maximum atomic E-state index is 13.6. The first-order valence-corrected chi connectivity index (χ1v) is 5.79. The highest BCUT2D eigenvalue weighted by atomic mass is 35.5. The lowest BCUT2D eigenvalue weighted by Crippen LogP contribution is -2.36. The fraction of sp³-hybridized carbons (Fsp3) is 0.364. The number of nitrogens with zero attached hydrogens (tertiary/aromatic N) is 1. The van der Waals surface area contributed by atoms with Crippen molar-refractivity contribution >= 4 is 23.2 Å². The van der Waals surface area contributed by atoms with Gasteiger partial charge in [0.05, 0.1) is 10.7 Å². The number of benzene rings is 1. The Hall–Kier alpha value is -1.33. The summed E-state index contributed by atoms with van der Waals surface area (Å²) < 4.78 is 13.6. The molecule has 0 fully saturated rings. The van der Waals surface area contributed by atoms with E-state index in [1.807, 2.05) is 0 Å². The Bertz CT molecular complexity index is 395. The summed E-state index contributed by atoms with van der Waals surface area (Å²) >= 11 is 5.66. The van der Waals surface area contributed by atoms with Gasteiger partial charge >= 0.3 is 0 Å². The monoisotopic (exact) mass is 258 g/mol. The summed E-state index contributed by atoms with van der Waals surface area (Å²) in [6, 6.07) is 4.69. The van der Waals surface area contributed by atoms with Crippen LogP contribution in [0.5, 0.6) is 0 Å². The summed E-state index contributed by atoms with van der Waals surface area (Å²) in [7, 11) is 0. The van der Waals surface area contributed by atoms with Gasteiger partial charge in [-0.25, -0.2) is 10.2 Å². The van der Waals surface area contributed by atoms with Crippen LogP contribution in [0.4, 0.5) is 10.1 Å². The third-order valence-corrected chi connectivity index (χ3v) is 2.41. The van der Waals surface area contributed by atoms with Gasteiger partial charge in [-0.05, 0) is 18.6 Å². The summed E-state index contributed by atoms with van der Waals surface area (Å²) in [6.07, 6.45) is 1.98. The minimum atomic E-state index is -0.521. The van der Waals surface area contributed by atoms with E-state index in [0.717, 1.165) is 12.8 Å². The molecule has 1 aromatic rings. The van der Waals surface area contributed by atoms with Gasteiger partial charge < -0.3 is 5.32 Å². The zero-order valence-electron chi connectivity index (χ0n) is 9.63. The maximum Gasteiger partial charge on any atom is 0.210 e. The van der Waals surface area contributed by atoms with Crippen LogP contribution < -0.4 is 16.6 Å². The number of unbranched alkanes of at least 4 members (excludes halogenated alkanes) is 1. The molecule has 0 bridgehead atoms. The molecule has 0 heterocycles. The van der Waals surface area contributed by atoms with Crippen LogP contribution in [0.2, 0.25) is 5.02 Å². The second-order valence-corrected chi connectivity index (χ2v) is 3.86. The Balaban J connectivity index is 2.73. The molecule has 0 aliphatic carbocycles. The molecular weight excluding hydrogens is 243 g/mol. The van der Waals surface area contributed by atoms with Crippen LogP contribution in [0.3, 0.4) is 0 Å². The molecule has 0 amide bonds. The molecule has 6 heteroatoms. The molecule has 94 valence electrons. The van der Waals surface area contributed by atoms with Gasteiger partial charge in [0, 0.05) is 6.54 Å². The second-order valence-electron chi connectivity index (χ2n) is 3.45. The number of nitrogens with one attached hydrogen (secondary N) is 2. The Labute approximate surface area is 105 Å². The lowest BCUT2D eigenvalue weighted by molar-refractivity contribution is 0.632. The molecule has 1 rings (SSSR count). The number of hydrogen-bond acceptors (Lipinski definition) is 2. The smallest absolute Gasteiger partial charge is 0.210 e. The van der Waals surface area contributed by atoms with Crippen molar-refractivity contribution in [1.29, 1.82) is 0 Å². The van der Waals surface area contributed by atoms with E-state index in [2.05, 4.69) is 22.7 Å². The SMILES string of the molecule is CCCCN=C(NN)Nc1cccc(Cl)c1F. The minimum Gasteiger partial charge on any atom is -0.323 e. The normalized spacial score (nSPS) is 11.4. The number of guanidine groups is 1. The summed E-state index contributed by atoms with van der Waals surface area (Å²) in [5.74, 6) is 5.09. The van der Waals surface area contributed by atoms with Gasteiger partial charge in [-0.15, -0.1) is 0 Å². The van der Waals surface area contributed by atoms with Crippen molar-refractivity contribution in [1.82, 2.24) is 5.43 Å². The molecule has 0 saturated carbocycles. The highest BCUT2D eigenvalue weighted by Crippen LogP contribution is 2.21. The Morgan fingerprint density at radius 1 is 1.53 bits per heavy atom. The van der Waals surface area contributed by atoms with E-state index in [9.17, 15) is 4.39 Å². The van der Waals surface area contributed by atoms with Crippen LogP contribution in [0.25, 0.3) is 0 Å². The number of halogens is 2. The third kappa shape index (κ3) is 4.20. The van der Waals surface area contributed by atoms with Gasteiger partial charge in [0.15, 0.2) is 5.82 Å². The molecule has 0 atom stereocenters. The molecule has 17 heavy (non-hydrogen) atoms. The average Bonchev–Trinajstić information content (AvgIpc) is 2.33. The first-order chi connectivity index (χ1) is 8.19. The van der Waals surface area contributed by atoms with Crippen LogP contribution in [-0.2, 0) is 0 Å². The topological polar surface area (TPSA) is 62.4 Å². The highest BCUT2D eigenvalue weighted by Gasteiger charge is 2.07. The Morgan fingerprint density at radius 3 is 2.94 bits per heavy atom. The zero-order chi connectivity index (χ0) is 12.7. The predicted molar refractivity (Wildman–Crippen MR) is 69.6 cm³/mol. The Morgan fingerprint density at radius 2 is 2.29 bits per heavy atom. The number of hydrazine groups is 1. The molecule has 0 aromatic heterocycles. The molecule has 0 aliphatic rings. The Kier molecular flexibility index (Phi) is 5.72. The van der Waals surface area contributed by atoms with Crippen LogP contribution >= 0.6 is 11.6 Å². The van der Waals surface area contributed by atoms with E-state index in [4.69, 9.17) is 17.4 Å². The molecule has 0 unspecified atom stereocenters. The zero-order valence-corrected chi connectivity index (χ0v) is 10.4. The number of nitrogens with two attached hydrogens (primary N) is 1. The van der Waals surface area contributed by atoms with Crippen molar-refractivity contribution in [2.24, 2.45) is 10.8 Å². The van der Waals surface area contributed by atoms with E-state index in [-0.39, 0.29) is 10.7 Å². The van der Waals surface area contributed by atoms with Gasteiger partial charge in [-0.3, -0.25) is 10.4 Å². The highest BCUT2D eigenvalue weighted by molar-refractivity contribution is 6.31. The van der Waals surface area contributed by atoms with Crippen molar-refractivity contribution in [2.45, 2.75) is 19.8 Å². The molecule has 0 saturated heterocycles. The van der Waals surface area contributed by atoms with Crippen molar-refractivity contribution < 1.29 is 4.39 Å². The van der Waals surface area contributed by atoms with Crippen LogP contribution in [0.15, 0.2) is 23.2 Å². The number of rotatable bonds is 4. The molecular formula is C11H16ClFN4. The van der Waals surface area contributed by atoms with Crippen LogP contribution in [0.1, 0.15) is 19.8 Å². The molecule has 4 N–H and O–H groups in total. The minimum absolute atomic E-state index is 0.0555. The second kappa shape index (κ2) is 7.09. The lowest BCUT2D eigenvalue weighted by Gasteiger charge is -2.10. The van der Waals surface area contributed by atoms with Crippen LogP contribution in [-0.4, -0.2) is 12.5 Å². The first-order valence-electron chi connectivity index (χ1n) is 5.41. The number of anilines is 1. The van der Waals surface area contributed by atoms with Crippen molar-refractivity contribution in [2.75, 3.05) is 11.9 Å². The molecule has 4 nitrogen and oxygen atoms in total. The van der Waals surface area contributed by atoms with E-state index in [1.54, 1.807) is 12.1 Å². The molecule has 0 spiro atoms. The van der Waals surface area contributed by atoms with Crippen LogP contribution in [0, 0.1) is 5.82 Å². The fourth-order valence-electron chi connectivity index (χ4n) is 1.20. The van der Waals surface area contributed by atoms with Crippen molar-refractivity contribution in [3.05, 3.63) is 29.0 Å². The van der Waals surface area contributed by atoms with Crippen molar-refractivity contribution in [3.8, 4) is 0 Å². The van der Waals surface area contributed by atoms with Gasteiger partial charge in [0.25, 0.3) is 0 Å². The lowest BCUT2D eigenvalue weighted by atomic mass is 10.3. The van der Waals surface area contributed by atoms with Gasteiger partial charge in [-0.1, -0.05) is 31.0 Å². The quantitative estimate of drug-likeness (QED) is 0.256. The third-order valence-electron chi connectivity index (χ3n) is 2.12. The summed E-state index contributed by atoms with van der Waals surface area (Å²) in [4.78, 5) is 4.16. The number of hydrogen-bond donors (Lipinski definition) is 3. The van der Waals surface area contributed by atoms with E-state index < -0.39 is 5.82 Å². The first kappa shape index (κ1) is 13.7. The largest absolute Gasteiger partial charge is 0.323 e. The van der Waals surface area contributed by atoms with E-state index >= 15 is 0 Å². The summed E-state index contributed by atoms with van der Waals surface area (Å²) in [6.45, 7) is 2.69. The average molecular weight is 259 g/mol. The van der Waals surface area contributed by atoms with Crippen molar-refractivity contribution in [3.63, 3.8) is 0 Å². The standard InChI is InChI=1S/C11H16ClFN4/c1-2-3-7-15-11(17-14)16-9-6-4-5-8(12)10(9)13/h4-6H,2-3,7,14H2,1H3,(H2,15,16,17). The maximum absolute atomic E-state index is 13.6. The van der Waals surface area contributed by atoms with Gasteiger partial charge in [0.1, 0.15) is 0 Å². The number of aliphatic imine (C=N–C) groups is 1. The van der Waals surface area contributed by atoms with Gasteiger partial charge in [-0.2, -0.15) is 0 Å². The van der Waals surface area contributed by atoms with E-state index in [0.29, 0.717) is 12.5 Å². The summed E-state index contributed by atoms with van der Waals surface area (Å²) in [5.41, 5.74) is 2.63. The summed E-state index contributed by atoms with van der Waals surface area (Å²) in [5, 5.41) is 2.81. The molecule has 1 aromatic carbocycles. The molecule has 0 aliphatic heterocycles. The van der Waals surface area contributed by atoms with E-state index in [1.165, 1.54) is 6.07 Å². The fourth-order valence-corrected chi connectivity index (χ4v) is 1.37. The predicted octanol–water partition coefficient (Wildman–Crippen LogP) is 2.51. The molecule has 0 radical (unpaired) electrons. The van der Waals surface area contributed by atoms with Gasteiger partial charge in [0.2, 0.25) is 5.96 Å².